The molecule has 1 aromatic carbocycles. The maximum absolute atomic E-state index is 12.2. The lowest BCUT2D eigenvalue weighted by Crippen LogP contribution is -2.35. The summed E-state index contributed by atoms with van der Waals surface area (Å²) in [6.45, 7) is 4.80. The fraction of sp³-hybridized carbons (Fsp3) is 0.533. The third-order valence-electron chi connectivity index (χ3n) is 3.84. The highest BCUT2D eigenvalue weighted by atomic mass is 127. The van der Waals surface area contributed by atoms with Crippen LogP contribution in [-0.2, 0) is 0 Å². The minimum absolute atomic E-state index is 0.225. The van der Waals surface area contributed by atoms with Crippen molar-refractivity contribution in [3.63, 3.8) is 0 Å². The van der Waals surface area contributed by atoms with Crippen molar-refractivity contribution in [2.45, 2.75) is 13.0 Å². The first-order valence-corrected chi connectivity index (χ1v) is 7.73. The van der Waals surface area contributed by atoms with Crippen LogP contribution in [0.4, 0.5) is 0 Å². The van der Waals surface area contributed by atoms with E-state index >= 15 is 0 Å². The summed E-state index contributed by atoms with van der Waals surface area (Å²) >= 11 is 2.26. The van der Waals surface area contributed by atoms with E-state index in [9.17, 15) is 4.79 Å². The predicted octanol–water partition coefficient (Wildman–Crippen LogP) is 2.36. The van der Waals surface area contributed by atoms with Gasteiger partial charge >= 0.3 is 0 Å². The number of benzene rings is 1. The van der Waals surface area contributed by atoms with Gasteiger partial charge in [-0.2, -0.15) is 0 Å². The lowest BCUT2D eigenvalue weighted by molar-refractivity contribution is 0.0941. The van der Waals surface area contributed by atoms with E-state index in [0.717, 1.165) is 22.2 Å². The second kappa shape index (κ2) is 6.33. The summed E-state index contributed by atoms with van der Waals surface area (Å²) in [4.78, 5) is 16.8. The molecule has 4 heteroatoms. The summed E-state index contributed by atoms with van der Waals surface area (Å²) in [6.07, 6.45) is 0. The van der Waals surface area contributed by atoms with Crippen molar-refractivity contribution >= 4 is 28.4 Å². The van der Waals surface area contributed by atoms with Crippen molar-refractivity contribution in [1.82, 2.24) is 9.80 Å². The first-order chi connectivity index (χ1) is 8.97. The van der Waals surface area contributed by atoms with Crippen molar-refractivity contribution in [2.75, 3.05) is 33.7 Å². The number of halogens is 1. The molecule has 0 N–H and O–H groups in total. The summed E-state index contributed by atoms with van der Waals surface area (Å²) in [5.41, 5.74) is 0.821. The SMILES string of the molecule is CC1CN(CC(=O)c2ccc(I)cc2)CC1N(C)C. The van der Waals surface area contributed by atoms with Gasteiger partial charge in [-0.3, -0.25) is 9.69 Å². The highest BCUT2D eigenvalue weighted by molar-refractivity contribution is 14.1. The summed E-state index contributed by atoms with van der Waals surface area (Å²) in [7, 11) is 4.23. The molecule has 104 valence electrons. The van der Waals surface area contributed by atoms with Gasteiger partial charge in [-0.15, -0.1) is 0 Å². The summed E-state index contributed by atoms with van der Waals surface area (Å²) < 4.78 is 1.16. The number of carbonyl (C=O) groups is 1. The predicted molar refractivity (Wildman–Crippen MR) is 86.6 cm³/mol. The Balaban J connectivity index is 1.95. The number of likely N-dealkylation sites (N-methyl/N-ethyl adjacent to an activating group) is 1. The highest BCUT2D eigenvalue weighted by Crippen LogP contribution is 2.20. The monoisotopic (exact) mass is 372 g/mol. The lowest BCUT2D eigenvalue weighted by atomic mass is 10.1. The molecule has 1 heterocycles. The van der Waals surface area contributed by atoms with Gasteiger partial charge in [0.1, 0.15) is 0 Å². The third kappa shape index (κ3) is 3.77. The van der Waals surface area contributed by atoms with E-state index in [-0.39, 0.29) is 5.78 Å². The number of ketones is 1. The average molecular weight is 372 g/mol. The zero-order chi connectivity index (χ0) is 14.0. The number of likely N-dealkylation sites (tertiary alicyclic amines) is 1. The van der Waals surface area contributed by atoms with Crippen LogP contribution in [0, 0.1) is 9.49 Å². The van der Waals surface area contributed by atoms with E-state index in [1.807, 2.05) is 24.3 Å². The Morgan fingerprint density at radius 3 is 2.47 bits per heavy atom. The number of Topliss-reactive ketones (excluding diaryl/α,β-unsaturated/α-hetero) is 1. The van der Waals surface area contributed by atoms with Gasteiger partial charge in [-0.1, -0.05) is 19.1 Å². The topological polar surface area (TPSA) is 23.6 Å². The van der Waals surface area contributed by atoms with Crippen LogP contribution in [0.2, 0.25) is 0 Å². The van der Waals surface area contributed by atoms with E-state index in [4.69, 9.17) is 0 Å². The normalized spacial score (nSPS) is 24.1. The van der Waals surface area contributed by atoms with Crippen LogP contribution < -0.4 is 0 Å². The molecule has 1 saturated heterocycles. The number of rotatable bonds is 4. The average Bonchev–Trinajstić information content (AvgIpc) is 2.71. The maximum Gasteiger partial charge on any atom is 0.176 e. The molecule has 2 atom stereocenters. The Morgan fingerprint density at radius 2 is 1.95 bits per heavy atom. The molecule has 1 aliphatic heterocycles. The number of nitrogens with zero attached hydrogens (tertiary/aromatic N) is 2. The van der Waals surface area contributed by atoms with Crippen molar-refractivity contribution in [3.05, 3.63) is 33.4 Å². The van der Waals surface area contributed by atoms with E-state index in [1.165, 1.54) is 0 Å². The summed E-state index contributed by atoms with van der Waals surface area (Å²) in [5, 5.41) is 0. The highest BCUT2D eigenvalue weighted by Gasteiger charge is 2.31. The van der Waals surface area contributed by atoms with Crippen LogP contribution >= 0.6 is 22.6 Å². The second-order valence-corrected chi connectivity index (χ2v) is 6.88. The van der Waals surface area contributed by atoms with E-state index < -0.39 is 0 Å². The molecule has 0 aliphatic carbocycles. The molecule has 2 rings (SSSR count). The molecule has 3 nitrogen and oxygen atoms in total. The first-order valence-electron chi connectivity index (χ1n) is 6.65. The molecule has 0 saturated carbocycles. The van der Waals surface area contributed by atoms with Crippen molar-refractivity contribution in [1.29, 1.82) is 0 Å². The Labute approximate surface area is 129 Å². The fourth-order valence-electron chi connectivity index (χ4n) is 2.78. The number of carbonyl (C=O) groups excluding carboxylic acids is 1. The maximum atomic E-state index is 12.2. The van der Waals surface area contributed by atoms with Gasteiger partial charge in [-0.25, -0.2) is 0 Å². The molecule has 1 aliphatic rings. The van der Waals surface area contributed by atoms with E-state index in [0.29, 0.717) is 18.5 Å². The van der Waals surface area contributed by atoms with Crippen LogP contribution in [0.15, 0.2) is 24.3 Å². The van der Waals surface area contributed by atoms with Crippen molar-refractivity contribution in [3.8, 4) is 0 Å². The fourth-order valence-corrected chi connectivity index (χ4v) is 3.14. The Kier molecular flexibility index (Phi) is 4.97. The van der Waals surface area contributed by atoms with Crippen molar-refractivity contribution < 1.29 is 4.79 Å². The quantitative estimate of drug-likeness (QED) is 0.599. The van der Waals surface area contributed by atoms with E-state index in [1.54, 1.807) is 0 Å². The van der Waals surface area contributed by atoms with Gasteiger partial charge in [0, 0.05) is 28.3 Å². The molecule has 0 bridgehead atoms. The molecular formula is C15H21IN2O. The summed E-state index contributed by atoms with van der Waals surface area (Å²) in [5.74, 6) is 0.850. The van der Waals surface area contributed by atoms with Gasteiger partial charge in [0.05, 0.1) is 6.54 Å². The Morgan fingerprint density at radius 1 is 1.32 bits per heavy atom. The van der Waals surface area contributed by atoms with Gasteiger partial charge in [-0.05, 0) is 54.7 Å². The summed E-state index contributed by atoms with van der Waals surface area (Å²) in [6, 6.07) is 8.39. The van der Waals surface area contributed by atoms with Crippen LogP contribution in [0.1, 0.15) is 17.3 Å². The Bertz CT molecular complexity index is 444. The minimum Gasteiger partial charge on any atom is -0.305 e. The third-order valence-corrected chi connectivity index (χ3v) is 4.56. The van der Waals surface area contributed by atoms with Gasteiger partial charge < -0.3 is 4.90 Å². The van der Waals surface area contributed by atoms with E-state index in [2.05, 4.69) is 53.4 Å². The van der Waals surface area contributed by atoms with Crippen LogP contribution in [-0.4, -0.2) is 55.4 Å². The minimum atomic E-state index is 0.225. The van der Waals surface area contributed by atoms with Crippen molar-refractivity contribution in [2.24, 2.45) is 5.92 Å². The molecule has 0 radical (unpaired) electrons. The standard InChI is InChI=1S/C15H21IN2O/c1-11-8-18(9-14(11)17(2)3)10-15(19)12-4-6-13(16)7-5-12/h4-7,11,14H,8-10H2,1-3H3. The Hall–Kier alpha value is -0.460. The molecule has 1 aromatic rings. The molecular weight excluding hydrogens is 351 g/mol. The number of hydrogen-bond donors (Lipinski definition) is 0. The smallest absolute Gasteiger partial charge is 0.176 e. The molecule has 0 aromatic heterocycles. The molecule has 0 spiro atoms. The molecule has 2 unspecified atom stereocenters. The lowest BCUT2D eigenvalue weighted by Gasteiger charge is -2.22. The zero-order valence-corrected chi connectivity index (χ0v) is 13.9. The number of hydrogen-bond acceptors (Lipinski definition) is 3. The molecule has 1 fully saturated rings. The van der Waals surface area contributed by atoms with Crippen LogP contribution in [0.3, 0.4) is 0 Å². The van der Waals surface area contributed by atoms with Gasteiger partial charge in [0.2, 0.25) is 0 Å². The molecule has 0 amide bonds. The largest absolute Gasteiger partial charge is 0.305 e. The van der Waals surface area contributed by atoms with Crippen LogP contribution in [0.5, 0.6) is 0 Å². The molecule has 19 heavy (non-hydrogen) atoms. The first kappa shape index (κ1) is 14.9. The zero-order valence-electron chi connectivity index (χ0n) is 11.8. The van der Waals surface area contributed by atoms with Gasteiger partial charge in [0.15, 0.2) is 5.78 Å². The van der Waals surface area contributed by atoms with Crippen LogP contribution in [0.25, 0.3) is 0 Å². The van der Waals surface area contributed by atoms with Gasteiger partial charge in [0.25, 0.3) is 0 Å². The second-order valence-electron chi connectivity index (χ2n) is 5.63.